The number of hydrogen-bond acceptors (Lipinski definition) is 1. The Bertz CT molecular complexity index is 332. The lowest BCUT2D eigenvalue weighted by Crippen LogP contribution is -2.13. The van der Waals surface area contributed by atoms with Crippen LogP contribution in [0.4, 0.5) is 13.2 Å². The van der Waals surface area contributed by atoms with Crippen molar-refractivity contribution in [3.63, 3.8) is 0 Å². The predicted octanol–water partition coefficient (Wildman–Crippen LogP) is 3.91. The van der Waals surface area contributed by atoms with Gasteiger partial charge >= 0.3 is 6.18 Å². The monoisotopic (exact) mass is 251 g/mol. The molecule has 0 aliphatic rings. The SMILES string of the molecule is CC(C)C(Cl)Cc1ccc(C(F)(F)F)cn1. The normalized spacial score (nSPS) is 14.2. The second-order valence-corrected chi connectivity index (χ2v) is 4.56. The summed E-state index contributed by atoms with van der Waals surface area (Å²) in [6.45, 7) is 3.92. The van der Waals surface area contributed by atoms with Gasteiger partial charge in [-0.3, -0.25) is 4.98 Å². The van der Waals surface area contributed by atoms with Crippen LogP contribution in [-0.2, 0) is 12.6 Å². The summed E-state index contributed by atoms with van der Waals surface area (Å²) in [6.07, 6.45) is -3.00. The Morgan fingerprint density at radius 3 is 2.31 bits per heavy atom. The van der Waals surface area contributed by atoms with E-state index < -0.39 is 11.7 Å². The largest absolute Gasteiger partial charge is 0.417 e. The first-order chi connectivity index (χ1) is 7.30. The number of nitrogens with zero attached hydrogens (tertiary/aromatic N) is 1. The lowest BCUT2D eigenvalue weighted by Gasteiger charge is -2.13. The molecule has 1 atom stereocenters. The van der Waals surface area contributed by atoms with Crippen molar-refractivity contribution >= 4 is 11.6 Å². The quantitative estimate of drug-likeness (QED) is 0.743. The molecule has 0 bridgehead atoms. The van der Waals surface area contributed by atoms with Gasteiger partial charge in [-0.05, 0) is 18.1 Å². The summed E-state index contributed by atoms with van der Waals surface area (Å²) in [5.74, 6) is 0.269. The van der Waals surface area contributed by atoms with E-state index in [-0.39, 0.29) is 11.3 Å². The highest BCUT2D eigenvalue weighted by Gasteiger charge is 2.30. The van der Waals surface area contributed by atoms with Gasteiger partial charge in [0.05, 0.1) is 5.56 Å². The van der Waals surface area contributed by atoms with Crippen molar-refractivity contribution in [1.82, 2.24) is 4.98 Å². The van der Waals surface area contributed by atoms with Gasteiger partial charge in [0.1, 0.15) is 0 Å². The smallest absolute Gasteiger partial charge is 0.261 e. The lowest BCUT2D eigenvalue weighted by atomic mass is 10.1. The molecule has 0 aromatic carbocycles. The molecule has 1 aromatic heterocycles. The van der Waals surface area contributed by atoms with Gasteiger partial charge in [-0.1, -0.05) is 13.8 Å². The number of hydrogen-bond donors (Lipinski definition) is 0. The van der Waals surface area contributed by atoms with Crippen molar-refractivity contribution in [2.45, 2.75) is 31.8 Å². The fourth-order valence-electron chi connectivity index (χ4n) is 1.15. The molecule has 0 aliphatic carbocycles. The standard InChI is InChI=1S/C11H13ClF3N/c1-7(2)10(12)5-9-4-3-8(6-16-9)11(13,14)15/h3-4,6-7,10H,5H2,1-2H3. The van der Waals surface area contributed by atoms with Gasteiger partial charge in [-0.15, -0.1) is 11.6 Å². The number of pyridine rings is 1. The average Bonchev–Trinajstić information content (AvgIpc) is 2.17. The summed E-state index contributed by atoms with van der Waals surface area (Å²) < 4.78 is 36.7. The molecule has 0 radical (unpaired) electrons. The first kappa shape index (κ1) is 13.3. The summed E-state index contributed by atoms with van der Waals surface area (Å²) in [7, 11) is 0. The second-order valence-electron chi connectivity index (χ2n) is 4.00. The van der Waals surface area contributed by atoms with Gasteiger partial charge in [0, 0.05) is 23.7 Å². The minimum absolute atomic E-state index is 0.107. The number of aromatic nitrogens is 1. The van der Waals surface area contributed by atoms with Crippen LogP contribution in [0.1, 0.15) is 25.1 Å². The lowest BCUT2D eigenvalue weighted by molar-refractivity contribution is -0.137. The van der Waals surface area contributed by atoms with Gasteiger partial charge in [-0.2, -0.15) is 13.2 Å². The Kier molecular flexibility index (Phi) is 4.19. The van der Waals surface area contributed by atoms with E-state index in [1.54, 1.807) is 0 Å². The Balaban J connectivity index is 2.72. The molecule has 1 nitrogen and oxygen atoms in total. The summed E-state index contributed by atoms with van der Waals surface area (Å²) >= 11 is 6.02. The zero-order valence-electron chi connectivity index (χ0n) is 9.05. The van der Waals surface area contributed by atoms with Gasteiger partial charge in [0.2, 0.25) is 0 Å². The maximum absolute atomic E-state index is 12.2. The van der Waals surface area contributed by atoms with E-state index in [0.717, 1.165) is 12.3 Å². The summed E-state index contributed by atoms with van der Waals surface area (Å²) in [5, 5.41) is -0.107. The summed E-state index contributed by atoms with van der Waals surface area (Å²) in [6, 6.07) is 2.41. The molecular formula is C11H13ClF3N. The highest BCUT2D eigenvalue weighted by Crippen LogP contribution is 2.28. The second kappa shape index (κ2) is 5.04. The van der Waals surface area contributed by atoms with Crippen LogP contribution in [0.15, 0.2) is 18.3 Å². The van der Waals surface area contributed by atoms with Crippen LogP contribution < -0.4 is 0 Å². The van der Waals surface area contributed by atoms with Crippen LogP contribution in [0.3, 0.4) is 0 Å². The van der Waals surface area contributed by atoms with E-state index in [1.807, 2.05) is 13.8 Å². The van der Waals surface area contributed by atoms with Crippen LogP contribution in [0.5, 0.6) is 0 Å². The van der Waals surface area contributed by atoms with E-state index in [0.29, 0.717) is 12.1 Å². The molecule has 0 saturated heterocycles. The van der Waals surface area contributed by atoms with E-state index in [1.165, 1.54) is 6.07 Å². The maximum Gasteiger partial charge on any atom is 0.417 e. The molecule has 1 rings (SSSR count). The number of alkyl halides is 4. The Morgan fingerprint density at radius 1 is 1.31 bits per heavy atom. The Morgan fingerprint density at radius 2 is 1.94 bits per heavy atom. The number of rotatable bonds is 3. The third-order valence-corrected chi connectivity index (χ3v) is 2.94. The molecule has 1 unspecified atom stereocenters. The Hall–Kier alpha value is -0.770. The molecule has 0 fully saturated rings. The topological polar surface area (TPSA) is 12.9 Å². The van der Waals surface area contributed by atoms with Crippen LogP contribution in [0, 0.1) is 5.92 Å². The highest BCUT2D eigenvalue weighted by atomic mass is 35.5. The van der Waals surface area contributed by atoms with Crippen LogP contribution >= 0.6 is 11.6 Å². The van der Waals surface area contributed by atoms with Crippen molar-refractivity contribution in [3.05, 3.63) is 29.6 Å². The molecule has 1 heterocycles. The van der Waals surface area contributed by atoms with Gasteiger partial charge in [-0.25, -0.2) is 0 Å². The first-order valence-electron chi connectivity index (χ1n) is 4.97. The summed E-state index contributed by atoms with van der Waals surface area (Å²) in [4.78, 5) is 3.76. The average molecular weight is 252 g/mol. The van der Waals surface area contributed by atoms with Crippen LogP contribution in [0.25, 0.3) is 0 Å². The first-order valence-corrected chi connectivity index (χ1v) is 5.40. The minimum Gasteiger partial charge on any atom is -0.261 e. The van der Waals surface area contributed by atoms with Crippen LogP contribution in [-0.4, -0.2) is 10.4 Å². The molecule has 90 valence electrons. The van der Waals surface area contributed by atoms with Crippen LogP contribution in [0.2, 0.25) is 0 Å². The maximum atomic E-state index is 12.2. The van der Waals surface area contributed by atoms with E-state index in [9.17, 15) is 13.2 Å². The third-order valence-electron chi connectivity index (χ3n) is 2.28. The van der Waals surface area contributed by atoms with Crippen molar-refractivity contribution < 1.29 is 13.2 Å². The minimum atomic E-state index is -4.33. The van der Waals surface area contributed by atoms with E-state index >= 15 is 0 Å². The molecule has 0 aliphatic heterocycles. The van der Waals surface area contributed by atoms with Gasteiger partial charge < -0.3 is 0 Å². The molecule has 0 amide bonds. The third kappa shape index (κ3) is 3.67. The Labute approximate surface area is 97.6 Å². The zero-order chi connectivity index (χ0) is 12.3. The fraction of sp³-hybridized carbons (Fsp3) is 0.545. The molecule has 0 N–H and O–H groups in total. The van der Waals surface area contributed by atoms with Gasteiger partial charge in [0.15, 0.2) is 0 Å². The fourth-order valence-corrected chi connectivity index (χ4v) is 1.31. The van der Waals surface area contributed by atoms with Crippen molar-refractivity contribution in [3.8, 4) is 0 Å². The molecule has 1 aromatic rings. The highest BCUT2D eigenvalue weighted by molar-refractivity contribution is 6.20. The molecule has 5 heteroatoms. The zero-order valence-corrected chi connectivity index (χ0v) is 9.81. The molecule has 0 saturated carbocycles. The molecular weight excluding hydrogens is 239 g/mol. The molecule has 16 heavy (non-hydrogen) atoms. The molecule has 0 spiro atoms. The predicted molar refractivity (Wildman–Crippen MR) is 57.4 cm³/mol. The summed E-state index contributed by atoms with van der Waals surface area (Å²) in [5.41, 5.74) is -0.145. The van der Waals surface area contributed by atoms with E-state index in [2.05, 4.69) is 4.98 Å². The van der Waals surface area contributed by atoms with Crippen molar-refractivity contribution in [2.24, 2.45) is 5.92 Å². The van der Waals surface area contributed by atoms with E-state index in [4.69, 9.17) is 11.6 Å². The number of halogens is 4. The van der Waals surface area contributed by atoms with Crippen molar-refractivity contribution in [2.75, 3.05) is 0 Å². The van der Waals surface area contributed by atoms with Gasteiger partial charge in [0.25, 0.3) is 0 Å². The van der Waals surface area contributed by atoms with Crippen molar-refractivity contribution in [1.29, 1.82) is 0 Å².